The van der Waals surface area contributed by atoms with E-state index in [4.69, 9.17) is 14.2 Å². The lowest BCUT2D eigenvalue weighted by atomic mass is 10.0. The average molecular weight is 476 g/mol. The molecule has 0 fully saturated rings. The topological polar surface area (TPSA) is 57.1 Å². The van der Waals surface area contributed by atoms with Gasteiger partial charge in [-0.1, -0.05) is 78.4 Å². The number of esters is 1. The Labute approximate surface area is 210 Å². The number of ether oxygens (including phenoxy) is 3. The number of aliphatic imine (C=N–C) groups is 1. The SMILES string of the molecule is COc1cc(/C=C2\N=C(c3ccc(-c4ccccc4)cc3)OC2=O)ccc1OCc1ccc(C)cc1. The second-order valence-corrected chi connectivity index (χ2v) is 8.46. The van der Waals surface area contributed by atoms with Gasteiger partial charge in [0.25, 0.3) is 0 Å². The van der Waals surface area contributed by atoms with Crippen LogP contribution in [0.5, 0.6) is 11.5 Å². The highest BCUT2D eigenvalue weighted by Gasteiger charge is 2.24. The molecule has 36 heavy (non-hydrogen) atoms. The zero-order valence-corrected chi connectivity index (χ0v) is 20.1. The van der Waals surface area contributed by atoms with E-state index in [1.54, 1.807) is 13.2 Å². The summed E-state index contributed by atoms with van der Waals surface area (Å²) in [5, 5.41) is 0. The number of hydrogen-bond donors (Lipinski definition) is 0. The first-order chi connectivity index (χ1) is 17.6. The first-order valence-electron chi connectivity index (χ1n) is 11.6. The van der Waals surface area contributed by atoms with Gasteiger partial charge in [-0.25, -0.2) is 9.79 Å². The van der Waals surface area contributed by atoms with E-state index in [1.165, 1.54) is 5.56 Å². The molecular weight excluding hydrogens is 450 g/mol. The van der Waals surface area contributed by atoms with E-state index in [1.807, 2.05) is 72.8 Å². The average Bonchev–Trinajstić information content (AvgIpc) is 3.29. The molecule has 0 bridgehead atoms. The molecule has 178 valence electrons. The molecule has 1 aliphatic heterocycles. The van der Waals surface area contributed by atoms with Crippen LogP contribution in [0.3, 0.4) is 0 Å². The summed E-state index contributed by atoms with van der Waals surface area (Å²) in [6, 6.07) is 31.6. The van der Waals surface area contributed by atoms with Gasteiger partial charge in [-0.2, -0.15) is 0 Å². The van der Waals surface area contributed by atoms with E-state index in [0.717, 1.165) is 27.8 Å². The fourth-order valence-electron chi connectivity index (χ4n) is 3.86. The minimum Gasteiger partial charge on any atom is -0.493 e. The molecule has 0 aromatic heterocycles. The molecule has 0 radical (unpaired) electrons. The maximum Gasteiger partial charge on any atom is 0.363 e. The maximum atomic E-state index is 12.5. The highest BCUT2D eigenvalue weighted by Crippen LogP contribution is 2.31. The molecule has 5 nitrogen and oxygen atoms in total. The van der Waals surface area contributed by atoms with Gasteiger partial charge >= 0.3 is 5.97 Å². The van der Waals surface area contributed by atoms with Crippen LogP contribution in [0, 0.1) is 6.92 Å². The second kappa shape index (κ2) is 10.3. The highest BCUT2D eigenvalue weighted by molar-refractivity contribution is 6.13. The van der Waals surface area contributed by atoms with Crippen molar-refractivity contribution in [2.24, 2.45) is 4.99 Å². The lowest BCUT2D eigenvalue weighted by Crippen LogP contribution is -2.05. The summed E-state index contributed by atoms with van der Waals surface area (Å²) in [7, 11) is 1.59. The van der Waals surface area contributed by atoms with Crippen molar-refractivity contribution in [2.45, 2.75) is 13.5 Å². The van der Waals surface area contributed by atoms with Crippen LogP contribution in [0.25, 0.3) is 17.2 Å². The van der Waals surface area contributed by atoms with Crippen LogP contribution in [0.2, 0.25) is 0 Å². The summed E-state index contributed by atoms with van der Waals surface area (Å²) < 4.78 is 16.9. The molecule has 0 saturated heterocycles. The van der Waals surface area contributed by atoms with Gasteiger partial charge in [-0.3, -0.25) is 0 Å². The van der Waals surface area contributed by atoms with Crippen molar-refractivity contribution < 1.29 is 19.0 Å². The van der Waals surface area contributed by atoms with Crippen LogP contribution < -0.4 is 9.47 Å². The fraction of sp³-hybridized carbons (Fsp3) is 0.0968. The van der Waals surface area contributed by atoms with E-state index in [9.17, 15) is 4.79 Å². The first kappa shape index (κ1) is 23.1. The van der Waals surface area contributed by atoms with Gasteiger partial charge in [0.2, 0.25) is 5.90 Å². The monoisotopic (exact) mass is 475 g/mol. The molecule has 0 aliphatic carbocycles. The van der Waals surface area contributed by atoms with Gasteiger partial charge in [0.05, 0.1) is 7.11 Å². The van der Waals surface area contributed by atoms with Crippen molar-refractivity contribution in [3.05, 3.63) is 125 Å². The van der Waals surface area contributed by atoms with Gasteiger partial charge < -0.3 is 14.2 Å². The third kappa shape index (κ3) is 5.20. The van der Waals surface area contributed by atoms with E-state index in [-0.39, 0.29) is 11.6 Å². The molecule has 0 amide bonds. The van der Waals surface area contributed by atoms with E-state index < -0.39 is 5.97 Å². The predicted octanol–water partition coefficient (Wildman–Crippen LogP) is 6.59. The molecular formula is C31H25NO4. The number of hydrogen-bond acceptors (Lipinski definition) is 5. The highest BCUT2D eigenvalue weighted by atomic mass is 16.6. The molecule has 0 saturated carbocycles. The van der Waals surface area contributed by atoms with Crippen molar-refractivity contribution >= 4 is 17.9 Å². The molecule has 1 aliphatic rings. The summed E-state index contributed by atoms with van der Waals surface area (Å²) in [6.45, 7) is 2.48. The number of rotatable bonds is 7. The molecule has 0 spiro atoms. The Bertz CT molecular complexity index is 1440. The third-order valence-corrected chi connectivity index (χ3v) is 5.87. The lowest BCUT2D eigenvalue weighted by molar-refractivity contribution is -0.129. The molecule has 5 heteroatoms. The quantitative estimate of drug-likeness (QED) is 0.223. The largest absolute Gasteiger partial charge is 0.493 e. The van der Waals surface area contributed by atoms with Crippen LogP contribution >= 0.6 is 0 Å². The number of benzene rings is 4. The zero-order chi connectivity index (χ0) is 24.9. The molecule has 0 atom stereocenters. The van der Waals surface area contributed by atoms with Crippen LogP contribution in [0.1, 0.15) is 22.3 Å². The first-order valence-corrected chi connectivity index (χ1v) is 11.6. The van der Waals surface area contributed by atoms with Gasteiger partial charge in [-0.15, -0.1) is 0 Å². The summed E-state index contributed by atoms with van der Waals surface area (Å²) in [4.78, 5) is 16.9. The van der Waals surface area contributed by atoms with Gasteiger partial charge in [0, 0.05) is 5.56 Å². The Hall–Kier alpha value is -4.64. The molecule has 0 N–H and O–H groups in total. The molecule has 0 unspecified atom stereocenters. The summed E-state index contributed by atoms with van der Waals surface area (Å²) >= 11 is 0. The van der Waals surface area contributed by atoms with Crippen molar-refractivity contribution in [2.75, 3.05) is 7.11 Å². The number of cyclic esters (lactones) is 1. The van der Waals surface area contributed by atoms with Gasteiger partial charge in [-0.05, 0) is 59.5 Å². The summed E-state index contributed by atoms with van der Waals surface area (Å²) in [6.07, 6.45) is 1.68. The van der Waals surface area contributed by atoms with Crippen molar-refractivity contribution in [1.82, 2.24) is 0 Å². The third-order valence-electron chi connectivity index (χ3n) is 5.87. The van der Waals surface area contributed by atoms with E-state index >= 15 is 0 Å². The van der Waals surface area contributed by atoms with Gasteiger partial charge in [0.15, 0.2) is 17.2 Å². The summed E-state index contributed by atoms with van der Waals surface area (Å²) in [5.41, 5.74) is 6.20. The lowest BCUT2D eigenvalue weighted by Gasteiger charge is -2.11. The number of nitrogens with zero attached hydrogens (tertiary/aromatic N) is 1. The summed E-state index contributed by atoms with van der Waals surface area (Å²) in [5.74, 6) is 0.993. The van der Waals surface area contributed by atoms with Crippen molar-refractivity contribution in [1.29, 1.82) is 0 Å². The smallest absolute Gasteiger partial charge is 0.363 e. The minimum atomic E-state index is -0.490. The van der Waals surface area contributed by atoms with Crippen LogP contribution in [-0.4, -0.2) is 19.0 Å². The zero-order valence-electron chi connectivity index (χ0n) is 20.1. The van der Waals surface area contributed by atoms with E-state index in [0.29, 0.717) is 18.1 Å². The molecule has 4 aromatic carbocycles. The molecule has 5 rings (SSSR count). The predicted molar refractivity (Wildman–Crippen MR) is 141 cm³/mol. The number of carbonyl (C=O) groups is 1. The molecule has 4 aromatic rings. The Kier molecular flexibility index (Phi) is 6.63. The number of methoxy groups -OCH3 is 1. The van der Waals surface area contributed by atoms with Crippen molar-refractivity contribution in [3.63, 3.8) is 0 Å². The standard InChI is InChI=1S/C31H25NO4/c1-21-8-10-22(11-9-21)20-35-28-17-12-23(19-29(28)34-2)18-27-31(33)36-30(32-27)26-15-13-25(14-16-26)24-6-4-3-5-7-24/h3-19H,20H2,1-2H3/b27-18-. The van der Waals surface area contributed by atoms with Crippen molar-refractivity contribution in [3.8, 4) is 22.6 Å². The second-order valence-electron chi connectivity index (χ2n) is 8.46. The number of aryl methyl sites for hydroxylation is 1. The van der Waals surface area contributed by atoms with E-state index in [2.05, 4.69) is 36.2 Å². The Morgan fingerprint density at radius 3 is 2.22 bits per heavy atom. The fourth-order valence-corrected chi connectivity index (χ4v) is 3.86. The number of carbonyl (C=O) groups excluding carboxylic acids is 1. The minimum absolute atomic E-state index is 0.229. The van der Waals surface area contributed by atoms with Crippen LogP contribution in [0.4, 0.5) is 0 Å². The van der Waals surface area contributed by atoms with Gasteiger partial charge in [0.1, 0.15) is 6.61 Å². The van der Waals surface area contributed by atoms with Crippen LogP contribution in [-0.2, 0) is 16.1 Å². The normalized spacial score (nSPS) is 13.9. The van der Waals surface area contributed by atoms with Crippen LogP contribution in [0.15, 0.2) is 108 Å². The Balaban J connectivity index is 1.32. The maximum absolute atomic E-state index is 12.5. The molecule has 1 heterocycles. The Morgan fingerprint density at radius 1 is 0.806 bits per heavy atom. The Morgan fingerprint density at radius 2 is 1.50 bits per heavy atom.